The molecule has 1 heterocycles. The van der Waals surface area contributed by atoms with Crippen molar-refractivity contribution in [3.8, 4) is 11.8 Å². The first kappa shape index (κ1) is 19.4. The molecule has 0 atom stereocenters. The number of nitrogens with two attached hydrogens (primary N) is 2. The standard InChI is InChI=1S/C18H13ClN4O.CH4S/c19-14-6-5-13-10-22-18(21)15(16(13)9-14)7-4-11-2-1-3-12(8-11)17(20)23-24;1-2/h1-3,5-6,8-10,24H,(H2,20,23)(H2,21,22);2H,1H3. The summed E-state index contributed by atoms with van der Waals surface area (Å²) in [6, 6.07) is 12.5. The lowest BCUT2D eigenvalue weighted by molar-refractivity contribution is 0.318. The van der Waals surface area contributed by atoms with Crippen molar-refractivity contribution < 1.29 is 5.21 Å². The number of halogens is 1. The molecule has 0 bridgehead atoms. The van der Waals surface area contributed by atoms with Crippen molar-refractivity contribution in [3.63, 3.8) is 0 Å². The number of hydrogen-bond acceptors (Lipinski definition) is 5. The van der Waals surface area contributed by atoms with E-state index in [2.05, 4.69) is 34.6 Å². The molecule has 0 aliphatic rings. The highest BCUT2D eigenvalue weighted by molar-refractivity contribution is 7.79. The number of oxime groups is 1. The topological polar surface area (TPSA) is 97.5 Å². The first-order valence-electron chi connectivity index (χ1n) is 7.47. The minimum atomic E-state index is 0.0248. The molecule has 26 heavy (non-hydrogen) atoms. The van der Waals surface area contributed by atoms with E-state index in [9.17, 15) is 0 Å². The maximum absolute atomic E-state index is 8.76. The molecule has 0 aliphatic heterocycles. The molecule has 7 heteroatoms. The molecule has 0 saturated carbocycles. The summed E-state index contributed by atoms with van der Waals surface area (Å²) in [7, 11) is 0. The summed E-state index contributed by atoms with van der Waals surface area (Å²) in [5, 5.41) is 14.1. The molecular weight excluding hydrogens is 368 g/mol. The maximum atomic E-state index is 8.76. The summed E-state index contributed by atoms with van der Waals surface area (Å²) in [5.74, 6) is 6.43. The van der Waals surface area contributed by atoms with Crippen LogP contribution >= 0.6 is 24.2 Å². The minimum Gasteiger partial charge on any atom is -0.409 e. The third kappa shape index (κ3) is 4.39. The van der Waals surface area contributed by atoms with E-state index in [0.717, 1.165) is 10.8 Å². The van der Waals surface area contributed by atoms with Gasteiger partial charge in [-0.2, -0.15) is 12.6 Å². The van der Waals surface area contributed by atoms with Gasteiger partial charge in [-0.05, 0) is 30.5 Å². The molecule has 3 aromatic rings. The number of amidine groups is 1. The molecule has 5 nitrogen and oxygen atoms in total. The van der Waals surface area contributed by atoms with E-state index in [4.69, 9.17) is 28.3 Å². The van der Waals surface area contributed by atoms with E-state index in [1.807, 2.05) is 18.2 Å². The van der Waals surface area contributed by atoms with Crippen LogP contribution in [0.25, 0.3) is 10.8 Å². The second-order valence-corrected chi connectivity index (χ2v) is 5.50. The minimum absolute atomic E-state index is 0.0248. The second kappa shape index (κ2) is 8.99. The third-order valence-electron chi connectivity index (χ3n) is 3.48. The van der Waals surface area contributed by atoms with Crippen molar-refractivity contribution in [2.24, 2.45) is 10.9 Å². The van der Waals surface area contributed by atoms with E-state index in [0.29, 0.717) is 27.5 Å². The SMILES string of the molecule is CS.NC(=NO)c1cccc(C#Cc2c(N)ncc3ccc(Cl)cc23)c1. The summed E-state index contributed by atoms with van der Waals surface area (Å²) >= 11 is 9.60. The number of nitrogen functional groups attached to an aromatic ring is 1. The number of pyridine rings is 1. The van der Waals surface area contributed by atoms with Crippen molar-refractivity contribution in [1.82, 2.24) is 4.98 Å². The van der Waals surface area contributed by atoms with Gasteiger partial charge in [0.1, 0.15) is 5.82 Å². The molecule has 0 unspecified atom stereocenters. The van der Waals surface area contributed by atoms with Crippen LogP contribution in [0.15, 0.2) is 53.8 Å². The van der Waals surface area contributed by atoms with Crippen LogP contribution in [0.4, 0.5) is 5.82 Å². The maximum Gasteiger partial charge on any atom is 0.170 e. The van der Waals surface area contributed by atoms with Crippen LogP contribution < -0.4 is 11.5 Å². The van der Waals surface area contributed by atoms with Crippen LogP contribution in [0.3, 0.4) is 0 Å². The van der Waals surface area contributed by atoms with Crippen LogP contribution in [0.1, 0.15) is 16.7 Å². The molecule has 0 saturated heterocycles. The third-order valence-corrected chi connectivity index (χ3v) is 3.72. The second-order valence-electron chi connectivity index (χ2n) is 5.07. The zero-order valence-electron chi connectivity index (χ0n) is 13.9. The number of rotatable bonds is 1. The lowest BCUT2D eigenvalue weighted by Crippen LogP contribution is -2.12. The normalized spacial score (nSPS) is 10.5. The molecule has 1 aromatic heterocycles. The van der Waals surface area contributed by atoms with E-state index >= 15 is 0 Å². The molecule has 2 aromatic carbocycles. The van der Waals surface area contributed by atoms with Gasteiger partial charge in [-0.25, -0.2) is 4.98 Å². The van der Waals surface area contributed by atoms with E-state index < -0.39 is 0 Å². The van der Waals surface area contributed by atoms with E-state index in [1.54, 1.807) is 36.7 Å². The Balaban J connectivity index is 0.00000117. The van der Waals surface area contributed by atoms with Crippen LogP contribution in [0.2, 0.25) is 5.02 Å². The zero-order chi connectivity index (χ0) is 19.1. The molecule has 0 spiro atoms. The fraction of sp³-hybridized carbons (Fsp3) is 0.0526. The van der Waals surface area contributed by atoms with Crippen molar-refractivity contribution in [2.75, 3.05) is 12.0 Å². The Morgan fingerprint density at radius 1 is 1.19 bits per heavy atom. The first-order valence-corrected chi connectivity index (χ1v) is 8.74. The van der Waals surface area contributed by atoms with Gasteiger partial charge in [0.25, 0.3) is 0 Å². The van der Waals surface area contributed by atoms with Gasteiger partial charge in [-0.15, -0.1) is 0 Å². The van der Waals surface area contributed by atoms with Gasteiger partial charge in [0.2, 0.25) is 0 Å². The van der Waals surface area contributed by atoms with Crippen LogP contribution in [0, 0.1) is 11.8 Å². The van der Waals surface area contributed by atoms with Gasteiger partial charge < -0.3 is 16.7 Å². The Morgan fingerprint density at radius 2 is 1.96 bits per heavy atom. The Morgan fingerprint density at radius 3 is 2.69 bits per heavy atom. The van der Waals surface area contributed by atoms with E-state index in [-0.39, 0.29) is 5.84 Å². The van der Waals surface area contributed by atoms with Crippen LogP contribution in [-0.4, -0.2) is 22.3 Å². The van der Waals surface area contributed by atoms with Crippen molar-refractivity contribution in [3.05, 3.63) is 70.4 Å². The fourth-order valence-corrected chi connectivity index (χ4v) is 2.45. The number of anilines is 1. The Bertz CT molecular complexity index is 1020. The number of benzene rings is 2. The fourth-order valence-electron chi connectivity index (χ4n) is 2.28. The number of aromatic nitrogens is 1. The molecule has 0 aliphatic carbocycles. The lowest BCUT2D eigenvalue weighted by Gasteiger charge is -2.04. The first-order chi connectivity index (χ1) is 12.6. The van der Waals surface area contributed by atoms with Gasteiger partial charge in [-0.1, -0.05) is 46.8 Å². The molecule has 0 fully saturated rings. The average molecular weight is 385 g/mol. The van der Waals surface area contributed by atoms with Gasteiger partial charge in [0.15, 0.2) is 5.84 Å². The number of nitrogens with zero attached hydrogens (tertiary/aromatic N) is 2. The molecule has 132 valence electrons. The quantitative estimate of drug-likeness (QED) is 0.129. The van der Waals surface area contributed by atoms with Gasteiger partial charge >= 0.3 is 0 Å². The van der Waals surface area contributed by atoms with Gasteiger partial charge in [0.05, 0.1) is 5.56 Å². The van der Waals surface area contributed by atoms with Gasteiger partial charge in [0, 0.05) is 33.1 Å². The largest absolute Gasteiger partial charge is 0.409 e. The zero-order valence-corrected chi connectivity index (χ0v) is 15.6. The summed E-state index contributed by atoms with van der Waals surface area (Å²) in [6.45, 7) is 0. The van der Waals surface area contributed by atoms with Crippen LogP contribution in [0.5, 0.6) is 0 Å². The highest BCUT2D eigenvalue weighted by Gasteiger charge is 2.05. The van der Waals surface area contributed by atoms with E-state index in [1.165, 1.54) is 0 Å². The summed E-state index contributed by atoms with van der Waals surface area (Å²) in [6.07, 6.45) is 3.38. The molecular formula is C19H17ClN4OS. The molecule has 5 N–H and O–H groups in total. The Labute approximate surface area is 162 Å². The summed E-state index contributed by atoms with van der Waals surface area (Å²) < 4.78 is 0. The predicted octanol–water partition coefficient (Wildman–Crippen LogP) is 3.51. The number of thiol groups is 1. The number of hydrogen-bond donors (Lipinski definition) is 4. The van der Waals surface area contributed by atoms with Crippen molar-refractivity contribution in [1.29, 1.82) is 0 Å². The van der Waals surface area contributed by atoms with Crippen LogP contribution in [-0.2, 0) is 0 Å². The Kier molecular flexibility index (Phi) is 6.73. The smallest absolute Gasteiger partial charge is 0.170 e. The summed E-state index contributed by atoms with van der Waals surface area (Å²) in [5.41, 5.74) is 13.5. The molecule has 0 radical (unpaired) electrons. The van der Waals surface area contributed by atoms with Crippen molar-refractivity contribution >= 4 is 46.7 Å². The molecule has 0 amide bonds. The lowest BCUT2D eigenvalue weighted by atomic mass is 10.1. The van der Waals surface area contributed by atoms with Gasteiger partial charge in [-0.3, -0.25) is 0 Å². The van der Waals surface area contributed by atoms with Crippen molar-refractivity contribution in [2.45, 2.75) is 0 Å². The highest BCUT2D eigenvalue weighted by atomic mass is 35.5. The Hall–Kier alpha value is -2.88. The molecule has 3 rings (SSSR count). The predicted molar refractivity (Wildman–Crippen MR) is 111 cm³/mol. The number of fused-ring (bicyclic) bond motifs is 1. The monoisotopic (exact) mass is 384 g/mol. The highest BCUT2D eigenvalue weighted by Crippen LogP contribution is 2.24. The average Bonchev–Trinajstić information content (AvgIpc) is 2.68. The summed E-state index contributed by atoms with van der Waals surface area (Å²) in [4.78, 5) is 4.17.